The molecular formula is C3H9NO3S. The topological polar surface area (TPSA) is 41.9 Å². The molecule has 0 radical (unpaired) electrons. The highest BCUT2D eigenvalue weighted by Gasteiger charge is 1.92. The van der Waals surface area contributed by atoms with Crippen LogP contribution in [-0.4, -0.2) is 30.1 Å². The van der Waals surface area contributed by atoms with E-state index in [0.29, 0.717) is 12.4 Å². The Labute approximate surface area is 53.3 Å². The van der Waals surface area contributed by atoms with E-state index < -0.39 is 0 Å². The summed E-state index contributed by atoms with van der Waals surface area (Å²) in [6, 6.07) is 0. The lowest BCUT2D eigenvalue weighted by atomic mass is 10.9. The van der Waals surface area contributed by atoms with Crippen LogP contribution in [0.1, 0.15) is 0 Å². The highest BCUT2D eigenvalue weighted by atomic mass is 32.1. The van der Waals surface area contributed by atoms with Gasteiger partial charge in [-0.3, -0.25) is 10.0 Å². The van der Waals surface area contributed by atoms with Crippen molar-refractivity contribution in [3.8, 4) is 0 Å². The number of hydrogen-bond acceptors (Lipinski definition) is 5. The molecule has 0 fully saturated rings. The van der Waals surface area contributed by atoms with E-state index in [-0.39, 0.29) is 5.39 Å². The summed E-state index contributed by atoms with van der Waals surface area (Å²) < 4.78 is 0. The van der Waals surface area contributed by atoms with Gasteiger partial charge in [-0.05, 0) is 0 Å². The van der Waals surface area contributed by atoms with Crippen molar-refractivity contribution >= 4 is 12.6 Å². The zero-order valence-electron chi connectivity index (χ0n) is 4.57. The van der Waals surface area contributed by atoms with Crippen LogP contribution in [-0.2, 0) is 9.68 Å². The minimum Gasteiger partial charge on any atom is -0.266 e. The van der Waals surface area contributed by atoms with Crippen molar-refractivity contribution in [3.05, 3.63) is 0 Å². The molecule has 8 heavy (non-hydrogen) atoms. The molecule has 0 saturated heterocycles. The van der Waals surface area contributed by atoms with Gasteiger partial charge < -0.3 is 0 Å². The van der Waals surface area contributed by atoms with Crippen LogP contribution in [0.5, 0.6) is 0 Å². The van der Waals surface area contributed by atoms with E-state index in [0.717, 1.165) is 0 Å². The first kappa shape index (κ1) is 8.19. The average Bonchev–Trinajstić information content (AvgIpc) is 1.83. The fraction of sp³-hybridized carbons (Fsp3) is 1.00. The highest BCUT2D eigenvalue weighted by Crippen LogP contribution is 1.83. The third-order valence-corrected chi connectivity index (χ3v) is 0.632. The van der Waals surface area contributed by atoms with Crippen LogP contribution in [0.15, 0.2) is 0 Å². The molecule has 0 aliphatic carbocycles. The van der Waals surface area contributed by atoms with Gasteiger partial charge in [-0.15, -0.1) is 0 Å². The largest absolute Gasteiger partial charge is 0.266 e. The van der Waals surface area contributed by atoms with Gasteiger partial charge >= 0.3 is 0 Å². The molecule has 1 N–H and O–H groups in total. The van der Waals surface area contributed by atoms with Crippen LogP contribution < -0.4 is 0 Å². The van der Waals surface area contributed by atoms with Gasteiger partial charge in [-0.2, -0.15) is 12.6 Å². The zero-order chi connectivity index (χ0) is 6.41. The summed E-state index contributed by atoms with van der Waals surface area (Å²) in [5.41, 5.74) is 0. The predicted molar refractivity (Wildman–Crippen MR) is 30.4 cm³/mol. The second-order valence-electron chi connectivity index (χ2n) is 0.977. The molecule has 0 atom stereocenters. The van der Waals surface area contributed by atoms with E-state index in [4.69, 9.17) is 5.21 Å². The molecule has 0 aromatic heterocycles. The van der Waals surface area contributed by atoms with Gasteiger partial charge in [0.05, 0.1) is 19.1 Å². The fourth-order valence-electron chi connectivity index (χ4n) is 0.172. The number of rotatable bonds is 4. The Hall–Kier alpha value is 0.190. The quantitative estimate of drug-likeness (QED) is 0.428. The van der Waals surface area contributed by atoms with Crippen molar-refractivity contribution < 1.29 is 14.9 Å². The van der Waals surface area contributed by atoms with Crippen molar-refractivity contribution in [1.82, 2.24) is 5.39 Å². The second kappa shape index (κ2) is 5.33. The molecule has 0 spiro atoms. The Bertz CT molecular complexity index is 53.8. The molecule has 0 heterocycles. The van der Waals surface area contributed by atoms with Crippen molar-refractivity contribution in [1.29, 1.82) is 0 Å². The van der Waals surface area contributed by atoms with Crippen LogP contribution in [0.2, 0.25) is 0 Å². The summed E-state index contributed by atoms with van der Waals surface area (Å²) in [7, 11) is 1.29. The Kier molecular flexibility index (Phi) is 5.46. The van der Waals surface area contributed by atoms with Crippen LogP contribution >= 0.6 is 12.6 Å². The second-order valence-corrected chi connectivity index (χ2v) is 1.42. The highest BCUT2D eigenvalue weighted by molar-refractivity contribution is 7.80. The summed E-state index contributed by atoms with van der Waals surface area (Å²) in [6.45, 7) is 0.327. The van der Waals surface area contributed by atoms with Gasteiger partial charge in [0.2, 0.25) is 0 Å². The summed E-state index contributed by atoms with van der Waals surface area (Å²) in [5.74, 6) is 0.542. The molecule has 0 saturated carbocycles. The molecule has 0 aromatic carbocycles. The van der Waals surface area contributed by atoms with Gasteiger partial charge in [0.1, 0.15) is 0 Å². The minimum absolute atomic E-state index is 0.288. The van der Waals surface area contributed by atoms with Crippen molar-refractivity contribution in [3.63, 3.8) is 0 Å². The molecule has 0 unspecified atom stereocenters. The van der Waals surface area contributed by atoms with Crippen LogP contribution in [0, 0.1) is 0 Å². The SMILES string of the molecule is CON(O)OCCS. The van der Waals surface area contributed by atoms with Crippen molar-refractivity contribution in [2.45, 2.75) is 0 Å². The van der Waals surface area contributed by atoms with Gasteiger partial charge in [-0.1, -0.05) is 0 Å². The fourth-order valence-corrected chi connectivity index (χ4v) is 0.253. The number of hydrogen-bond donors (Lipinski definition) is 2. The molecule has 4 nitrogen and oxygen atoms in total. The van der Waals surface area contributed by atoms with Crippen molar-refractivity contribution in [2.24, 2.45) is 0 Å². The van der Waals surface area contributed by atoms with Gasteiger partial charge in [-0.25, -0.2) is 4.84 Å². The third kappa shape index (κ3) is 4.35. The maximum atomic E-state index is 8.34. The van der Waals surface area contributed by atoms with E-state index >= 15 is 0 Å². The summed E-state index contributed by atoms with van der Waals surface area (Å²) in [4.78, 5) is 8.62. The maximum absolute atomic E-state index is 8.34. The third-order valence-electron chi connectivity index (χ3n) is 0.449. The molecule has 5 heteroatoms. The summed E-state index contributed by atoms with van der Waals surface area (Å²) in [6.07, 6.45) is 0. The Morgan fingerprint density at radius 1 is 1.75 bits per heavy atom. The first-order valence-corrected chi connectivity index (χ1v) is 2.71. The molecule has 0 rings (SSSR count). The van der Waals surface area contributed by atoms with Crippen LogP contribution in [0.3, 0.4) is 0 Å². The maximum Gasteiger partial charge on any atom is 0.0824 e. The Morgan fingerprint density at radius 3 is 2.75 bits per heavy atom. The number of nitrogens with zero attached hydrogens (tertiary/aromatic N) is 1. The minimum atomic E-state index is 0.288. The lowest BCUT2D eigenvalue weighted by Crippen LogP contribution is -2.19. The van der Waals surface area contributed by atoms with Crippen molar-refractivity contribution in [2.75, 3.05) is 19.5 Å². The molecule has 0 aliphatic heterocycles. The first-order valence-electron chi connectivity index (χ1n) is 2.08. The van der Waals surface area contributed by atoms with Gasteiger partial charge in [0, 0.05) is 5.75 Å². The Morgan fingerprint density at radius 2 is 2.38 bits per heavy atom. The van der Waals surface area contributed by atoms with E-state index in [2.05, 4.69) is 22.3 Å². The summed E-state index contributed by atoms with van der Waals surface area (Å²) in [5, 5.41) is 8.63. The number of thiol groups is 1. The molecule has 0 aliphatic rings. The Balaban J connectivity index is 2.86. The zero-order valence-corrected chi connectivity index (χ0v) is 5.47. The normalized spacial score (nSPS) is 10.5. The summed E-state index contributed by atoms with van der Waals surface area (Å²) >= 11 is 3.82. The van der Waals surface area contributed by atoms with Gasteiger partial charge in [0.25, 0.3) is 0 Å². The van der Waals surface area contributed by atoms with Crippen LogP contribution in [0.25, 0.3) is 0 Å². The van der Waals surface area contributed by atoms with E-state index in [1.807, 2.05) is 0 Å². The smallest absolute Gasteiger partial charge is 0.0824 e. The van der Waals surface area contributed by atoms with Gasteiger partial charge in [0.15, 0.2) is 0 Å². The molecule has 50 valence electrons. The predicted octanol–water partition coefficient (Wildman–Crippen LogP) is 0.100. The molecule has 0 bridgehead atoms. The lowest BCUT2D eigenvalue weighted by Gasteiger charge is -2.07. The standard InChI is InChI=1S/C3H9NO3S/c1-6-4(5)7-2-3-8/h5,8H,2-3H2,1H3. The molecule has 0 amide bonds. The molecule has 0 aromatic rings. The monoisotopic (exact) mass is 139 g/mol. The van der Waals surface area contributed by atoms with E-state index in [1.165, 1.54) is 7.11 Å². The van der Waals surface area contributed by atoms with E-state index in [9.17, 15) is 0 Å². The lowest BCUT2D eigenvalue weighted by molar-refractivity contribution is -0.500. The van der Waals surface area contributed by atoms with Crippen LogP contribution in [0.4, 0.5) is 0 Å². The molecular weight excluding hydrogens is 130 g/mol. The average molecular weight is 139 g/mol. The van der Waals surface area contributed by atoms with E-state index in [1.54, 1.807) is 0 Å². The first-order chi connectivity index (χ1) is 3.81.